The van der Waals surface area contributed by atoms with Crippen LogP contribution in [-0.4, -0.2) is 6.16 Å². The third-order valence-electron chi connectivity index (χ3n) is 3.85. The first-order valence-electron chi connectivity index (χ1n) is 11.7. The van der Waals surface area contributed by atoms with Gasteiger partial charge in [0.05, 0.1) is 0 Å². The average Bonchev–Trinajstić information content (AvgIpc) is 2.81. The maximum absolute atomic E-state index is 12.0. The highest BCUT2D eigenvalue weighted by atomic mass is 16.7. The smallest absolute Gasteiger partial charge is 0.423 e. The molecule has 3 heteroatoms. The van der Waals surface area contributed by atoms with Crippen LogP contribution in [0.15, 0.2) is 72.8 Å². The van der Waals surface area contributed by atoms with Crippen molar-refractivity contribution in [3.8, 4) is 5.75 Å². The standard InChI is InChI=1S/C22H24O3.C3H8.2C2H6.CH4/c1-5-10-17(6-2)18-13-15-19(16-14-18)22(3,4)25-21(23)24-20-11-8-7-9-12-20;1-3-2;2*1-2;/h5-16H,1-4H3;3H2,1-2H3;2*1-2H3;1H4/b10-5-,17-6+;;;;. The van der Waals surface area contributed by atoms with Crippen molar-refractivity contribution in [2.45, 2.75) is 88.7 Å². The van der Waals surface area contributed by atoms with E-state index < -0.39 is 11.8 Å². The summed E-state index contributed by atoms with van der Waals surface area (Å²) >= 11 is 0. The summed E-state index contributed by atoms with van der Waals surface area (Å²) in [5.74, 6) is 0.461. The van der Waals surface area contributed by atoms with Crippen LogP contribution in [0.2, 0.25) is 0 Å². The molecule has 0 aliphatic rings. The van der Waals surface area contributed by atoms with Crippen molar-refractivity contribution in [2.24, 2.45) is 0 Å². The molecule has 186 valence electrons. The molecule has 0 bridgehead atoms. The van der Waals surface area contributed by atoms with Crippen LogP contribution in [0.3, 0.4) is 0 Å². The maximum atomic E-state index is 12.0. The van der Waals surface area contributed by atoms with E-state index in [1.165, 1.54) is 6.42 Å². The van der Waals surface area contributed by atoms with Crippen molar-refractivity contribution in [1.82, 2.24) is 0 Å². The zero-order valence-electron chi connectivity index (χ0n) is 21.9. The van der Waals surface area contributed by atoms with Crippen molar-refractivity contribution in [3.63, 3.8) is 0 Å². The second-order valence-electron chi connectivity index (χ2n) is 6.81. The normalized spacial score (nSPS) is 10.2. The van der Waals surface area contributed by atoms with Crippen LogP contribution < -0.4 is 4.74 Å². The first-order valence-corrected chi connectivity index (χ1v) is 11.7. The molecule has 0 aromatic heterocycles. The number of allylic oxidation sites excluding steroid dienone is 4. The van der Waals surface area contributed by atoms with E-state index in [-0.39, 0.29) is 7.43 Å². The molecule has 33 heavy (non-hydrogen) atoms. The molecular formula is C30H48O3. The number of benzene rings is 2. The zero-order valence-corrected chi connectivity index (χ0v) is 21.9. The quantitative estimate of drug-likeness (QED) is 0.255. The summed E-state index contributed by atoms with van der Waals surface area (Å²) in [4.78, 5) is 12.0. The summed E-state index contributed by atoms with van der Waals surface area (Å²) in [5, 5.41) is 0. The topological polar surface area (TPSA) is 35.5 Å². The Kier molecular flexibility index (Phi) is 22.2. The molecule has 0 atom stereocenters. The Labute approximate surface area is 204 Å². The summed E-state index contributed by atoms with van der Waals surface area (Å²) in [7, 11) is 0. The van der Waals surface area contributed by atoms with Crippen LogP contribution >= 0.6 is 0 Å². The van der Waals surface area contributed by atoms with Crippen LogP contribution in [-0.2, 0) is 10.3 Å². The Morgan fingerprint density at radius 1 is 0.879 bits per heavy atom. The van der Waals surface area contributed by atoms with Gasteiger partial charge in [0.2, 0.25) is 0 Å². The number of carbonyl (C=O) groups excluding carboxylic acids is 1. The summed E-state index contributed by atoms with van der Waals surface area (Å²) in [6.07, 6.45) is 6.67. The lowest BCUT2D eigenvalue weighted by Gasteiger charge is -2.25. The second-order valence-corrected chi connectivity index (χ2v) is 6.81. The van der Waals surface area contributed by atoms with E-state index in [0.717, 1.165) is 16.7 Å². The largest absolute Gasteiger partial charge is 0.514 e. The highest BCUT2D eigenvalue weighted by Gasteiger charge is 2.26. The van der Waals surface area contributed by atoms with Crippen LogP contribution in [0.5, 0.6) is 5.75 Å². The van der Waals surface area contributed by atoms with E-state index >= 15 is 0 Å². The number of rotatable bonds is 5. The lowest BCUT2D eigenvalue weighted by Crippen LogP contribution is -2.27. The molecule has 0 spiro atoms. The molecule has 2 aromatic carbocycles. The lowest BCUT2D eigenvalue weighted by molar-refractivity contribution is 0.00637. The molecule has 0 heterocycles. The molecule has 0 aliphatic heterocycles. The van der Waals surface area contributed by atoms with Gasteiger partial charge in [-0.25, -0.2) is 4.79 Å². The van der Waals surface area contributed by atoms with Crippen LogP contribution in [0.4, 0.5) is 4.79 Å². The Morgan fingerprint density at radius 3 is 1.79 bits per heavy atom. The molecule has 2 aromatic rings. The fraction of sp³-hybridized carbons (Fsp3) is 0.433. The summed E-state index contributed by atoms with van der Waals surface area (Å²) in [6.45, 7) is 19.9. The zero-order chi connectivity index (χ0) is 25.0. The third-order valence-corrected chi connectivity index (χ3v) is 3.85. The maximum Gasteiger partial charge on any atom is 0.514 e. The SMILES string of the molecule is C.C/C=C\C(=C/C)c1ccc(C(C)(C)OC(=O)Oc2ccccc2)cc1.CC.CC.CCC. The molecule has 0 fully saturated rings. The molecule has 0 amide bonds. The van der Waals surface area contributed by atoms with Gasteiger partial charge in [-0.2, -0.15) is 0 Å². The Morgan fingerprint density at radius 2 is 1.36 bits per heavy atom. The number of ether oxygens (including phenoxy) is 2. The Bertz CT molecular complexity index is 770. The van der Waals surface area contributed by atoms with Gasteiger partial charge >= 0.3 is 6.16 Å². The monoisotopic (exact) mass is 456 g/mol. The fourth-order valence-electron chi connectivity index (χ4n) is 2.48. The van der Waals surface area contributed by atoms with Crippen LogP contribution in [0, 0.1) is 0 Å². The van der Waals surface area contributed by atoms with Crippen molar-refractivity contribution in [1.29, 1.82) is 0 Å². The van der Waals surface area contributed by atoms with Gasteiger partial charge in [-0.1, -0.05) is 116 Å². The average molecular weight is 457 g/mol. The predicted octanol–water partition coefficient (Wildman–Crippen LogP) is 10.2. The van der Waals surface area contributed by atoms with E-state index in [0.29, 0.717) is 5.75 Å². The molecular weight excluding hydrogens is 408 g/mol. The molecule has 0 unspecified atom stereocenters. The Hall–Kier alpha value is -2.81. The molecule has 2 rings (SSSR count). The van der Waals surface area contributed by atoms with Gasteiger partial charge in [0.1, 0.15) is 11.4 Å². The van der Waals surface area contributed by atoms with Crippen molar-refractivity contribution in [2.75, 3.05) is 0 Å². The molecule has 0 aliphatic carbocycles. The minimum Gasteiger partial charge on any atom is -0.423 e. The highest BCUT2D eigenvalue weighted by Crippen LogP contribution is 2.27. The van der Waals surface area contributed by atoms with Crippen LogP contribution in [0.1, 0.15) is 94.2 Å². The van der Waals surface area contributed by atoms with Gasteiger partial charge < -0.3 is 9.47 Å². The molecule has 0 radical (unpaired) electrons. The Balaban J connectivity index is -0.00000101. The second kappa shape index (κ2) is 21.1. The fourth-order valence-corrected chi connectivity index (χ4v) is 2.48. The lowest BCUT2D eigenvalue weighted by atomic mass is 9.95. The molecule has 0 saturated carbocycles. The summed E-state index contributed by atoms with van der Waals surface area (Å²) in [6, 6.07) is 16.9. The highest BCUT2D eigenvalue weighted by molar-refractivity contribution is 5.73. The number of hydrogen-bond donors (Lipinski definition) is 0. The first-order chi connectivity index (χ1) is 15.4. The molecule has 0 N–H and O–H groups in total. The van der Waals surface area contributed by atoms with Crippen molar-refractivity contribution < 1.29 is 14.3 Å². The first kappa shape index (κ1) is 34.8. The van der Waals surface area contributed by atoms with E-state index in [2.05, 4.69) is 26.0 Å². The van der Waals surface area contributed by atoms with Crippen molar-refractivity contribution >= 4 is 11.7 Å². The number of para-hydroxylation sites is 1. The van der Waals surface area contributed by atoms with Crippen molar-refractivity contribution in [3.05, 3.63) is 84.0 Å². The van der Waals surface area contributed by atoms with Gasteiger partial charge in [-0.15, -0.1) is 0 Å². The summed E-state index contributed by atoms with van der Waals surface area (Å²) in [5.41, 5.74) is 2.38. The van der Waals surface area contributed by atoms with Gasteiger partial charge in [0.25, 0.3) is 0 Å². The van der Waals surface area contributed by atoms with Gasteiger partial charge in [-0.05, 0) is 56.5 Å². The van der Waals surface area contributed by atoms with E-state index in [1.807, 2.05) is 91.8 Å². The van der Waals surface area contributed by atoms with E-state index in [4.69, 9.17) is 9.47 Å². The number of carbonyl (C=O) groups is 1. The molecule has 0 saturated heterocycles. The minimum absolute atomic E-state index is 0. The van der Waals surface area contributed by atoms with Gasteiger partial charge in [0.15, 0.2) is 0 Å². The minimum atomic E-state index is -0.791. The third kappa shape index (κ3) is 14.1. The van der Waals surface area contributed by atoms with E-state index in [1.54, 1.807) is 24.3 Å². The van der Waals surface area contributed by atoms with Gasteiger partial charge in [0, 0.05) is 0 Å². The summed E-state index contributed by atoms with van der Waals surface area (Å²) < 4.78 is 10.7. The number of hydrogen-bond acceptors (Lipinski definition) is 3. The van der Waals surface area contributed by atoms with E-state index in [9.17, 15) is 4.79 Å². The van der Waals surface area contributed by atoms with Crippen LogP contribution in [0.25, 0.3) is 5.57 Å². The molecule has 3 nitrogen and oxygen atoms in total. The van der Waals surface area contributed by atoms with Gasteiger partial charge in [-0.3, -0.25) is 0 Å². The predicted molar refractivity (Wildman–Crippen MR) is 147 cm³/mol.